The predicted molar refractivity (Wildman–Crippen MR) is 101 cm³/mol. The van der Waals surface area contributed by atoms with Crippen LogP contribution in [0.2, 0.25) is 5.02 Å². The minimum atomic E-state index is -0.832. The molecule has 1 aromatic carbocycles. The lowest BCUT2D eigenvalue weighted by molar-refractivity contribution is -0.126. The fourth-order valence-electron chi connectivity index (χ4n) is 3.28. The number of ether oxygens (including phenoxy) is 1. The largest absolute Gasteiger partial charge is 0.381 e. The number of halogens is 2. The van der Waals surface area contributed by atoms with Crippen molar-refractivity contribution in [1.29, 1.82) is 0 Å². The molecule has 24 heavy (non-hydrogen) atoms. The van der Waals surface area contributed by atoms with E-state index in [0.717, 1.165) is 29.8 Å². The van der Waals surface area contributed by atoms with E-state index in [1.165, 1.54) is 0 Å². The SMILES string of the molecule is CCCC(C)(N)C(=O)NCC1(c2ccccc2Cl)CCOCC1.Cl. The van der Waals surface area contributed by atoms with E-state index in [2.05, 4.69) is 5.32 Å². The summed E-state index contributed by atoms with van der Waals surface area (Å²) in [4.78, 5) is 12.5. The van der Waals surface area contributed by atoms with Crippen LogP contribution in [0.3, 0.4) is 0 Å². The van der Waals surface area contributed by atoms with Gasteiger partial charge in [0.2, 0.25) is 5.91 Å². The fraction of sp³-hybridized carbons (Fsp3) is 0.611. The molecule has 2 rings (SSSR count). The van der Waals surface area contributed by atoms with E-state index in [1.807, 2.05) is 31.2 Å². The molecule has 4 nitrogen and oxygen atoms in total. The molecule has 1 aliphatic rings. The smallest absolute Gasteiger partial charge is 0.239 e. The summed E-state index contributed by atoms with van der Waals surface area (Å²) < 4.78 is 5.52. The standard InChI is InChI=1S/C18H27ClN2O2.ClH/c1-3-8-17(2,20)16(22)21-13-18(9-11-23-12-10-18)14-6-4-5-7-15(14)19;/h4-7H,3,8-13,20H2,1-2H3,(H,21,22);1H. The molecule has 0 spiro atoms. The van der Waals surface area contributed by atoms with E-state index in [-0.39, 0.29) is 23.7 Å². The molecular formula is C18H28Cl2N2O2. The van der Waals surface area contributed by atoms with Crippen molar-refractivity contribution in [3.05, 3.63) is 34.9 Å². The van der Waals surface area contributed by atoms with Gasteiger partial charge < -0.3 is 15.8 Å². The Labute approximate surface area is 155 Å². The molecule has 6 heteroatoms. The zero-order valence-electron chi connectivity index (χ0n) is 14.4. The number of carbonyl (C=O) groups excluding carboxylic acids is 1. The third-order valence-electron chi connectivity index (χ3n) is 4.77. The van der Waals surface area contributed by atoms with Crippen LogP contribution < -0.4 is 11.1 Å². The first-order valence-electron chi connectivity index (χ1n) is 8.31. The summed E-state index contributed by atoms with van der Waals surface area (Å²) >= 11 is 6.42. The van der Waals surface area contributed by atoms with Crippen LogP contribution >= 0.6 is 24.0 Å². The van der Waals surface area contributed by atoms with E-state index >= 15 is 0 Å². The van der Waals surface area contributed by atoms with Gasteiger partial charge in [0.1, 0.15) is 0 Å². The molecule has 1 fully saturated rings. The molecule has 0 radical (unpaired) electrons. The topological polar surface area (TPSA) is 64.4 Å². The van der Waals surface area contributed by atoms with E-state index < -0.39 is 5.54 Å². The Balaban J connectivity index is 0.00000288. The zero-order valence-corrected chi connectivity index (χ0v) is 16.0. The van der Waals surface area contributed by atoms with Gasteiger partial charge in [-0.25, -0.2) is 0 Å². The molecule has 1 aliphatic heterocycles. The summed E-state index contributed by atoms with van der Waals surface area (Å²) in [6.07, 6.45) is 3.23. The Bertz CT molecular complexity index is 544. The van der Waals surface area contributed by atoms with Crippen molar-refractivity contribution in [2.24, 2.45) is 5.73 Å². The number of rotatable bonds is 6. The number of nitrogens with two attached hydrogens (primary N) is 1. The van der Waals surface area contributed by atoms with E-state index in [0.29, 0.717) is 26.2 Å². The Morgan fingerprint density at radius 3 is 2.58 bits per heavy atom. The van der Waals surface area contributed by atoms with Crippen molar-refractivity contribution in [1.82, 2.24) is 5.32 Å². The maximum atomic E-state index is 12.5. The summed E-state index contributed by atoms with van der Waals surface area (Å²) in [6.45, 7) is 5.71. The normalized spacial score (nSPS) is 19.0. The molecule has 1 atom stereocenters. The highest BCUT2D eigenvalue weighted by Crippen LogP contribution is 2.38. The Morgan fingerprint density at radius 1 is 1.38 bits per heavy atom. The van der Waals surface area contributed by atoms with Crippen LogP contribution in [0.25, 0.3) is 0 Å². The maximum Gasteiger partial charge on any atom is 0.239 e. The molecule has 0 bridgehead atoms. The second-order valence-corrected chi connectivity index (χ2v) is 7.13. The summed E-state index contributed by atoms with van der Waals surface area (Å²) in [5, 5.41) is 3.81. The van der Waals surface area contributed by atoms with Crippen molar-refractivity contribution in [3.63, 3.8) is 0 Å². The van der Waals surface area contributed by atoms with Crippen LogP contribution in [0.1, 0.15) is 45.1 Å². The molecule has 136 valence electrons. The van der Waals surface area contributed by atoms with Crippen LogP contribution in [0, 0.1) is 0 Å². The van der Waals surface area contributed by atoms with Crippen molar-refractivity contribution in [2.45, 2.75) is 50.5 Å². The van der Waals surface area contributed by atoms with E-state index in [4.69, 9.17) is 22.1 Å². The average Bonchev–Trinajstić information content (AvgIpc) is 2.54. The molecule has 3 N–H and O–H groups in total. The van der Waals surface area contributed by atoms with Gasteiger partial charge in [-0.2, -0.15) is 0 Å². The number of hydrogen-bond acceptors (Lipinski definition) is 3. The molecule has 1 saturated heterocycles. The lowest BCUT2D eigenvalue weighted by atomic mass is 9.74. The molecule has 0 aliphatic carbocycles. The summed E-state index contributed by atoms with van der Waals surface area (Å²) in [7, 11) is 0. The number of carbonyl (C=O) groups is 1. The number of nitrogens with one attached hydrogen (secondary N) is 1. The highest BCUT2D eigenvalue weighted by Gasteiger charge is 2.37. The number of benzene rings is 1. The Kier molecular flexibility index (Phi) is 8.00. The maximum absolute atomic E-state index is 12.5. The first-order valence-corrected chi connectivity index (χ1v) is 8.69. The van der Waals surface area contributed by atoms with Gasteiger partial charge in [-0.3, -0.25) is 4.79 Å². The molecule has 0 saturated carbocycles. The van der Waals surface area contributed by atoms with Crippen molar-refractivity contribution < 1.29 is 9.53 Å². The van der Waals surface area contributed by atoms with Crippen LogP contribution in [-0.4, -0.2) is 31.2 Å². The molecule has 1 aromatic rings. The van der Waals surface area contributed by atoms with Gasteiger partial charge in [0.15, 0.2) is 0 Å². The summed E-state index contributed by atoms with van der Waals surface area (Å²) in [6, 6.07) is 7.87. The number of hydrogen-bond donors (Lipinski definition) is 2. The van der Waals surface area contributed by atoms with Gasteiger partial charge in [0.25, 0.3) is 0 Å². The predicted octanol–water partition coefficient (Wildman–Crippen LogP) is 3.44. The van der Waals surface area contributed by atoms with Crippen LogP contribution in [0.5, 0.6) is 0 Å². The summed E-state index contributed by atoms with van der Waals surface area (Å²) in [5.74, 6) is -0.0997. The van der Waals surface area contributed by atoms with Crippen LogP contribution in [0.4, 0.5) is 0 Å². The minimum Gasteiger partial charge on any atom is -0.381 e. The minimum absolute atomic E-state index is 0. The first-order chi connectivity index (χ1) is 10.9. The highest BCUT2D eigenvalue weighted by atomic mass is 35.5. The lowest BCUT2D eigenvalue weighted by Gasteiger charge is -2.39. The molecule has 1 unspecified atom stereocenters. The van der Waals surface area contributed by atoms with Crippen LogP contribution in [-0.2, 0) is 14.9 Å². The van der Waals surface area contributed by atoms with Gasteiger partial charge in [-0.05, 0) is 37.8 Å². The quantitative estimate of drug-likeness (QED) is 0.801. The summed E-state index contributed by atoms with van der Waals surface area (Å²) in [5.41, 5.74) is 6.20. The van der Waals surface area contributed by atoms with E-state index in [1.54, 1.807) is 6.92 Å². The third-order valence-corrected chi connectivity index (χ3v) is 5.10. The Morgan fingerprint density at radius 2 is 2.00 bits per heavy atom. The molecule has 1 amide bonds. The molecule has 1 heterocycles. The second kappa shape index (κ2) is 9.04. The van der Waals surface area contributed by atoms with Crippen molar-refractivity contribution in [2.75, 3.05) is 19.8 Å². The van der Waals surface area contributed by atoms with Crippen LogP contribution in [0.15, 0.2) is 24.3 Å². The average molecular weight is 375 g/mol. The third kappa shape index (κ3) is 4.85. The Hall–Kier alpha value is -0.810. The molecule has 0 aromatic heterocycles. The zero-order chi connectivity index (χ0) is 16.9. The fourth-order valence-corrected chi connectivity index (χ4v) is 3.62. The van der Waals surface area contributed by atoms with Gasteiger partial charge in [-0.15, -0.1) is 12.4 Å². The lowest BCUT2D eigenvalue weighted by Crippen LogP contribution is -2.55. The molecular weight excluding hydrogens is 347 g/mol. The second-order valence-electron chi connectivity index (χ2n) is 6.72. The first kappa shape index (κ1) is 21.2. The van der Waals surface area contributed by atoms with Gasteiger partial charge >= 0.3 is 0 Å². The van der Waals surface area contributed by atoms with Gasteiger partial charge in [0.05, 0.1) is 5.54 Å². The van der Waals surface area contributed by atoms with Crippen molar-refractivity contribution >= 4 is 29.9 Å². The van der Waals surface area contributed by atoms with Gasteiger partial charge in [-0.1, -0.05) is 43.1 Å². The van der Waals surface area contributed by atoms with E-state index in [9.17, 15) is 4.79 Å². The highest BCUT2D eigenvalue weighted by molar-refractivity contribution is 6.31. The van der Waals surface area contributed by atoms with Gasteiger partial charge in [0, 0.05) is 30.2 Å². The monoisotopic (exact) mass is 374 g/mol. The van der Waals surface area contributed by atoms with Crippen molar-refractivity contribution in [3.8, 4) is 0 Å². The number of amides is 1.